The van der Waals surface area contributed by atoms with Crippen molar-refractivity contribution in [1.29, 1.82) is 0 Å². The molecule has 0 radical (unpaired) electrons. The second kappa shape index (κ2) is 10.1. The van der Waals surface area contributed by atoms with Crippen molar-refractivity contribution < 1.29 is 28.2 Å². The molecular formula is C23H22N2O6. The van der Waals surface area contributed by atoms with Gasteiger partial charge in [0.25, 0.3) is 5.91 Å². The summed E-state index contributed by atoms with van der Waals surface area (Å²) in [4.78, 5) is 24.0. The molecular weight excluding hydrogens is 400 g/mol. The molecule has 8 heteroatoms. The van der Waals surface area contributed by atoms with Crippen molar-refractivity contribution in [1.82, 2.24) is 5.43 Å². The molecule has 3 aromatic rings. The molecule has 0 saturated carbocycles. The first-order valence-electron chi connectivity index (χ1n) is 9.42. The van der Waals surface area contributed by atoms with Crippen LogP contribution in [0.3, 0.4) is 0 Å². The van der Waals surface area contributed by atoms with Crippen LogP contribution in [0.2, 0.25) is 0 Å². The quantitative estimate of drug-likeness (QED) is 0.257. The van der Waals surface area contributed by atoms with Crippen LogP contribution in [-0.2, 0) is 4.79 Å². The number of nitrogens with one attached hydrogen (secondary N) is 1. The summed E-state index contributed by atoms with van der Waals surface area (Å²) < 4.78 is 21.1. The van der Waals surface area contributed by atoms with Crippen LogP contribution in [0, 0.1) is 13.8 Å². The van der Waals surface area contributed by atoms with Gasteiger partial charge in [-0.05, 0) is 66.9 Å². The molecule has 2 aromatic carbocycles. The normalized spacial score (nSPS) is 10.7. The molecule has 1 aromatic heterocycles. The molecule has 3 rings (SSSR count). The molecule has 0 aliphatic heterocycles. The number of hydrazone groups is 1. The number of nitrogens with zero attached hydrogens (tertiary/aromatic N) is 1. The van der Waals surface area contributed by atoms with Gasteiger partial charge in [-0.15, -0.1) is 0 Å². The number of esters is 1. The topological polar surface area (TPSA) is 99.4 Å². The number of rotatable bonds is 8. The molecule has 1 heterocycles. The van der Waals surface area contributed by atoms with E-state index in [1.807, 2.05) is 32.0 Å². The number of carbonyl (C=O) groups excluding carboxylic acids is 2. The minimum atomic E-state index is -0.638. The second-order valence-corrected chi connectivity index (χ2v) is 6.56. The first-order chi connectivity index (χ1) is 15.0. The third-order valence-corrected chi connectivity index (χ3v) is 4.43. The zero-order chi connectivity index (χ0) is 22.2. The fraction of sp³-hybridized carbons (Fsp3) is 0.174. The highest BCUT2D eigenvalue weighted by atomic mass is 16.6. The molecule has 1 N–H and O–H groups in total. The highest BCUT2D eigenvalue weighted by molar-refractivity contribution is 5.89. The van der Waals surface area contributed by atoms with Gasteiger partial charge >= 0.3 is 5.97 Å². The summed E-state index contributed by atoms with van der Waals surface area (Å²) in [6.45, 7) is 3.75. The molecule has 31 heavy (non-hydrogen) atoms. The van der Waals surface area contributed by atoms with E-state index >= 15 is 0 Å². The Morgan fingerprint density at radius 2 is 1.90 bits per heavy atom. The van der Waals surface area contributed by atoms with Crippen LogP contribution >= 0.6 is 0 Å². The maximum atomic E-state index is 12.0. The van der Waals surface area contributed by atoms with E-state index in [0.717, 1.165) is 11.1 Å². The molecule has 0 spiro atoms. The Hall–Kier alpha value is -4.07. The Morgan fingerprint density at radius 3 is 2.65 bits per heavy atom. The maximum absolute atomic E-state index is 12.0. The summed E-state index contributed by atoms with van der Waals surface area (Å²) in [5.41, 5.74) is 5.11. The van der Waals surface area contributed by atoms with Gasteiger partial charge in [0.2, 0.25) is 5.76 Å². The molecule has 0 fully saturated rings. The van der Waals surface area contributed by atoms with E-state index < -0.39 is 11.9 Å². The summed E-state index contributed by atoms with van der Waals surface area (Å²) in [5, 5.41) is 3.92. The van der Waals surface area contributed by atoms with Gasteiger partial charge in [-0.2, -0.15) is 5.10 Å². The van der Waals surface area contributed by atoms with Crippen molar-refractivity contribution in [3.63, 3.8) is 0 Å². The van der Waals surface area contributed by atoms with Crippen molar-refractivity contribution in [2.24, 2.45) is 5.10 Å². The molecule has 0 unspecified atom stereocenters. The lowest BCUT2D eigenvalue weighted by Crippen LogP contribution is -2.24. The second-order valence-electron chi connectivity index (χ2n) is 6.56. The smallest absolute Gasteiger partial charge is 0.379 e. The summed E-state index contributed by atoms with van der Waals surface area (Å²) in [5.74, 6) is 0.261. The van der Waals surface area contributed by atoms with E-state index in [9.17, 15) is 9.59 Å². The van der Waals surface area contributed by atoms with E-state index in [1.165, 1.54) is 25.7 Å². The summed E-state index contributed by atoms with van der Waals surface area (Å²) >= 11 is 0. The molecule has 0 aliphatic carbocycles. The highest BCUT2D eigenvalue weighted by Crippen LogP contribution is 2.28. The number of carbonyl (C=O) groups is 2. The Kier molecular flexibility index (Phi) is 7.05. The van der Waals surface area contributed by atoms with Crippen molar-refractivity contribution >= 4 is 18.1 Å². The predicted molar refractivity (Wildman–Crippen MR) is 114 cm³/mol. The van der Waals surface area contributed by atoms with E-state index in [0.29, 0.717) is 17.1 Å². The highest BCUT2D eigenvalue weighted by Gasteiger charge is 2.15. The number of methoxy groups -OCH3 is 1. The van der Waals surface area contributed by atoms with Crippen LogP contribution in [0.4, 0.5) is 0 Å². The van der Waals surface area contributed by atoms with Gasteiger partial charge in [0.1, 0.15) is 5.75 Å². The average Bonchev–Trinajstić information content (AvgIpc) is 3.31. The Balaban J connectivity index is 1.56. The maximum Gasteiger partial charge on any atom is 0.379 e. The Bertz CT molecular complexity index is 1090. The zero-order valence-electron chi connectivity index (χ0n) is 17.4. The monoisotopic (exact) mass is 422 g/mol. The minimum Gasteiger partial charge on any atom is -0.493 e. The van der Waals surface area contributed by atoms with Crippen LogP contribution in [-0.4, -0.2) is 31.8 Å². The number of amides is 1. The van der Waals surface area contributed by atoms with E-state index in [4.69, 9.17) is 18.6 Å². The molecule has 1 amide bonds. The number of furan rings is 1. The van der Waals surface area contributed by atoms with Gasteiger partial charge in [-0.25, -0.2) is 10.2 Å². The van der Waals surface area contributed by atoms with Crippen molar-refractivity contribution in [3.8, 4) is 17.2 Å². The number of aryl methyl sites for hydroxylation is 1. The van der Waals surface area contributed by atoms with Crippen LogP contribution in [0.1, 0.15) is 27.2 Å². The molecule has 0 bridgehead atoms. The van der Waals surface area contributed by atoms with Gasteiger partial charge in [0, 0.05) is 0 Å². The number of benzene rings is 2. The summed E-state index contributed by atoms with van der Waals surface area (Å²) in [7, 11) is 1.45. The zero-order valence-corrected chi connectivity index (χ0v) is 17.4. The van der Waals surface area contributed by atoms with Crippen molar-refractivity contribution in [3.05, 3.63) is 77.2 Å². The fourth-order valence-corrected chi connectivity index (χ4v) is 2.63. The molecule has 8 nitrogen and oxygen atoms in total. The molecule has 0 aliphatic rings. The fourth-order valence-electron chi connectivity index (χ4n) is 2.63. The summed E-state index contributed by atoms with van der Waals surface area (Å²) in [6.07, 6.45) is 2.82. The summed E-state index contributed by atoms with van der Waals surface area (Å²) in [6, 6.07) is 13.6. The van der Waals surface area contributed by atoms with Gasteiger partial charge in [-0.3, -0.25) is 4.79 Å². The lowest BCUT2D eigenvalue weighted by molar-refractivity contribution is -0.123. The third kappa shape index (κ3) is 5.72. The number of hydrogen-bond donors (Lipinski definition) is 1. The van der Waals surface area contributed by atoms with Crippen molar-refractivity contribution in [2.75, 3.05) is 13.7 Å². The first kappa shape index (κ1) is 21.6. The van der Waals surface area contributed by atoms with Gasteiger partial charge < -0.3 is 18.6 Å². The minimum absolute atomic E-state index is 0.0819. The van der Waals surface area contributed by atoms with E-state index in [-0.39, 0.29) is 18.1 Å². The molecule has 0 saturated heterocycles. The van der Waals surface area contributed by atoms with Gasteiger partial charge in [-0.1, -0.05) is 12.1 Å². The Morgan fingerprint density at radius 1 is 1.06 bits per heavy atom. The third-order valence-electron chi connectivity index (χ3n) is 4.43. The van der Waals surface area contributed by atoms with Crippen LogP contribution < -0.4 is 19.6 Å². The number of ether oxygens (including phenoxy) is 3. The molecule has 160 valence electrons. The standard InChI is InChI=1S/C23H22N2O6/c1-15-6-4-7-18(16(15)2)30-14-22(26)25-24-13-17-9-10-19(21(12-17)28-3)31-23(27)20-8-5-11-29-20/h4-13H,14H2,1-3H3,(H,25,26). The van der Waals surface area contributed by atoms with Crippen LogP contribution in [0.25, 0.3) is 0 Å². The van der Waals surface area contributed by atoms with E-state index in [1.54, 1.807) is 24.3 Å². The first-order valence-corrected chi connectivity index (χ1v) is 9.42. The van der Waals surface area contributed by atoms with E-state index in [2.05, 4.69) is 10.5 Å². The SMILES string of the molecule is COc1cc(C=NNC(=O)COc2cccc(C)c2C)ccc1OC(=O)c1ccco1. The Labute approximate surface area is 179 Å². The number of hydrogen-bond acceptors (Lipinski definition) is 7. The lowest BCUT2D eigenvalue weighted by atomic mass is 10.1. The van der Waals surface area contributed by atoms with Crippen molar-refractivity contribution in [2.45, 2.75) is 13.8 Å². The largest absolute Gasteiger partial charge is 0.493 e. The average molecular weight is 422 g/mol. The van der Waals surface area contributed by atoms with Gasteiger partial charge in [0.05, 0.1) is 19.6 Å². The van der Waals surface area contributed by atoms with Gasteiger partial charge in [0.15, 0.2) is 18.1 Å². The van der Waals surface area contributed by atoms with Crippen LogP contribution in [0.5, 0.6) is 17.2 Å². The van der Waals surface area contributed by atoms with Crippen LogP contribution in [0.15, 0.2) is 64.3 Å². The molecule has 0 atom stereocenters. The lowest BCUT2D eigenvalue weighted by Gasteiger charge is -2.10. The predicted octanol–water partition coefficient (Wildman–Crippen LogP) is 3.65.